The van der Waals surface area contributed by atoms with Crippen molar-refractivity contribution in [1.82, 2.24) is 19.7 Å². The van der Waals surface area contributed by atoms with Gasteiger partial charge in [-0.05, 0) is 19.9 Å². The topological polar surface area (TPSA) is 65.3 Å². The van der Waals surface area contributed by atoms with Crippen LogP contribution in [0.1, 0.15) is 18.4 Å². The van der Waals surface area contributed by atoms with Gasteiger partial charge in [-0.1, -0.05) is 0 Å². The summed E-state index contributed by atoms with van der Waals surface area (Å²) in [7, 11) is 3.67. The molecule has 2 aromatic heterocycles. The van der Waals surface area contributed by atoms with Crippen molar-refractivity contribution >= 4 is 5.82 Å². The van der Waals surface area contributed by atoms with Crippen LogP contribution in [0.5, 0.6) is 5.88 Å². The number of hydrogen-bond donors (Lipinski definition) is 0. The first-order valence-corrected chi connectivity index (χ1v) is 7.35. The number of rotatable bonds is 5. The Morgan fingerprint density at radius 1 is 1.32 bits per heavy atom. The predicted molar refractivity (Wildman–Crippen MR) is 82.0 cm³/mol. The van der Waals surface area contributed by atoms with Crippen LogP contribution in [0, 0.1) is 6.92 Å². The summed E-state index contributed by atoms with van der Waals surface area (Å²) in [5.41, 5.74) is 0.734. The highest BCUT2D eigenvalue weighted by molar-refractivity contribution is 5.48. The van der Waals surface area contributed by atoms with Crippen molar-refractivity contribution < 1.29 is 9.47 Å². The molecule has 0 amide bonds. The largest absolute Gasteiger partial charge is 0.478 e. The molecular formula is C15H21N5O2. The summed E-state index contributed by atoms with van der Waals surface area (Å²) in [4.78, 5) is 10.9. The van der Waals surface area contributed by atoms with Crippen LogP contribution in [0.25, 0.3) is 0 Å². The molecule has 0 radical (unpaired) electrons. The fraction of sp³-hybridized carbons (Fsp3) is 0.533. The Balaban J connectivity index is 1.81. The molecule has 0 spiro atoms. The number of anilines is 1. The molecule has 1 saturated heterocycles. The highest BCUT2D eigenvalue weighted by Gasteiger charge is 2.47. The Morgan fingerprint density at radius 2 is 2.09 bits per heavy atom. The number of aryl methyl sites for hydroxylation is 2. The van der Waals surface area contributed by atoms with Crippen molar-refractivity contribution in [3.05, 3.63) is 29.8 Å². The minimum Gasteiger partial charge on any atom is -0.478 e. The third kappa shape index (κ3) is 2.41. The second-order valence-corrected chi connectivity index (χ2v) is 5.44. The van der Waals surface area contributed by atoms with Gasteiger partial charge in [-0.2, -0.15) is 10.1 Å². The first-order valence-electron chi connectivity index (χ1n) is 7.35. The van der Waals surface area contributed by atoms with E-state index in [2.05, 4.69) is 20.0 Å². The van der Waals surface area contributed by atoms with E-state index in [4.69, 9.17) is 9.47 Å². The van der Waals surface area contributed by atoms with Crippen LogP contribution in [0.2, 0.25) is 0 Å². The normalized spacial score (nSPS) is 16.5. The van der Waals surface area contributed by atoms with E-state index in [9.17, 15) is 0 Å². The average molecular weight is 303 g/mol. The van der Waals surface area contributed by atoms with Crippen molar-refractivity contribution in [3.63, 3.8) is 0 Å². The van der Waals surface area contributed by atoms with Crippen LogP contribution < -0.4 is 9.64 Å². The molecular weight excluding hydrogens is 282 g/mol. The summed E-state index contributed by atoms with van der Waals surface area (Å²) in [6.07, 6.45) is 1.79. The van der Waals surface area contributed by atoms with E-state index in [1.165, 1.54) is 0 Å². The van der Waals surface area contributed by atoms with Crippen LogP contribution in [0.4, 0.5) is 5.82 Å². The molecule has 22 heavy (non-hydrogen) atoms. The average Bonchev–Trinajstić information content (AvgIpc) is 2.85. The molecule has 1 aliphatic rings. The lowest BCUT2D eigenvalue weighted by molar-refractivity contribution is -0.0448. The monoisotopic (exact) mass is 303 g/mol. The molecule has 1 fully saturated rings. The smallest absolute Gasteiger partial charge is 0.218 e. The van der Waals surface area contributed by atoms with Crippen LogP contribution in [-0.2, 0) is 17.4 Å². The van der Waals surface area contributed by atoms with Gasteiger partial charge in [-0.15, -0.1) is 0 Å². The lowest BCUT2D eigenvalue weighted by Gasteiger charge is -2.49. The second kappa shape index (κ2) is 5.57. The van der Waals surface area contributed by atoms with Crippen molar-refractivity contribution in [3.8, 4) is 5.88 Å². The zero-order valence-corrected chi connectivity index (χ0v) is 13.4. The highest BCUT2D eigenvalue weighted by atomic mass is 16.5. The minimum atomic E-state index is -0.337. The SMILES string of the molecule is CCOc1cc(N2CC(OC)(c3ccnn3C)C2)nc(C)n1. The maximum absolute atomic E-state index is 5.78. The summed E-state index contributed by atoms with van der Waals surface area (Å²) < 4.78 is 13.1. The van der Waals surface area contributed by atoms with E-state index in [0.29, 0.717) is 18.3 Å². The van der Waals surface area contributed by atoms with E-state index in [1.807, 2.05) is 37.7 Å². The van der Waals surface area contributed by atoms with Gasteiger partial charge in [0, 0.05) is 26.4 Å². The Hall–Kier alpha value is -2.15. The highest BCUT2D eigenvalue weighted by Crippen LogP contribution is 2.37. The molecule has 0 bridgehead atoms. The number of aromatic nitrogens is 4. The lowest BCUT2D eigenvalue weighted by atomic mass is 9.90. The van der Waals surface area contributed by atoms with Crippen LogP contribution in [-0.4, -0.2) is 46.6 Å². The molecule has 1 aliphatic heterocycles. The quantitative estimate of drug-likeness (QED) is 0.829. The van der Waals surface area contributed by atoms with Gasteiger partial charge in [0.25, 0.3) is 0 Å². The summed E-state index contributed by atoms with van der Waals surface area (Å²) >= 11 is 0. The fourth-order valence-corrected chi connectivity index (χ4v) is 2.86. The molecule has 0 aliphatic carbocycles. The molecule has 0 saturated carbocycles. The van der Waals surface area contributed by atoms with Gasteiger partial charge in [0.1, 0.15) is 17.2 Å². The maximum Gasteiger partial charge on any atom is 0.218 e. The van der Waals surface area contributed by atoms with Gasteiger partial charge in [0.05, 0.1) is 25.4 Å². The fourth-order valence-electron chi connectivity index (χ4n) is 2.86. The first-order chi connectivity index (χ1) is 10.6. The molecule has 0 unspecified atom stereocenters. The molecule has 3 rings (SSSR count). The predicted octanol–water partition coefficient (Wildman–Crippen LogP) is 1.28. The van der Waals surface area contributed by atoms with E-state index >= 15 is 0 Å². The Kier molecular flexibility index (Phi) is 3.74. The summed E-state index contributed by atoms with van der Waals surface area (Å²) in [5, 5.41) is 4.24. The van der Waals surface area contributed by atoms with Crippen molar-refractivity contribution in [1.29, 1.82) is 0 Å². The van der Waals surface area contributed by atoms with Gasteiger partial charge >= 0.3 is 0 Å². The van der Waals surface area contributed by atoms with Gasteiger partial charge in [-0.25, -0.2) is 4.98 Å². The zero-order chi connectivity index (χ0) is 15.7. The van der Waals surface area contributed by atoms with Crippen molar-refractivity contribution in [2.75, 3.05) is 31.7 Å². The summed E-state index contributed by atoms with van der Waals surface area (Å²) in [5.74, 6) is 2.18. The van der Waals surface area contributed by atoms with E-state index in [-0.39, 0.29) is 5.60 Å². The van der Waals surface area contributed by atoms with Crippen molar-refractivity contribution in [2.45, 2.75) is 19.4 Å². The van der Waals surface area contributed by atoms with Gasteiger partial charge in [-0.3, -0.25) is 4.68 Å². The molecule has 118 valence electrons. The Bertz CT molecular complexity index is 664. The zero-order valence-electron chi connectivity index (χ0n) is 13.4. The van der Waals surface area contributed by atoms with Crippen molar-refractivity contribution in [2.24, 2.45) is 7.05 Å². The molecule has 0 atom stereocenters. The third-order valence-electron chi connectivity index (χ3n) is 3.99. The summed E-state index contributed by atoms with van der Waals surface area (Å²) in [6, 6.07) is 3.87. The standard InChI is InChI=1S/C15H21N5O2/c1-5-22-14-8-13(17-11(2)18-14)20-9-15(10-20,21-4)12-6-7-16-19(12)3/h6-8H,5,9-10H2,1-4H3. The molecule has 0 N–H and O–H groups in total. The molecule has 7 nitrogen and oxygen atoms in total. The van der Waals surface area contributed by atoms with E-state index in [0.717, 1.165) is 24.6 Å². The van der Waals surface area contributed by atoms with Crippen LogP contribution in [0.3, 0.4) is 0 Å². The van der Waals surface area contributed by atoms with Crippen LogP contribution in [0.15, 0.2) is 18.3 Å². The maximum atomic E-state index is 5.78. The molecule has 7 heteroatoms. The van der Waals surface area contributed by atoms with E-state index < -0.39 is 0 Å². The number of hydrogen-bond acceptors (Lipinski definition) is 6. The molecule has 2 aromatic rings. The van der Waals surface area contributed by atoms with Gasteiger partial charge in [0.15, 0.2) is 0 Å². The lowest BCUT2D eigenvalue weighted by Crippen LogP contribution is -2.61. The minimum absolute atomic E-state index is 0.337. The Morgan fingerprint density at radius 3 is 2.68 bits per heavy atom. The molecule has 0 aromatic carbocycles. The number of nitrogens with zero attached hydrogens (tertiary/aromatic N) is 5. The third-order valence-corrected chi connectivity index (χ3v) is 3.99. The second-order valence-electron chi connectivity index (χ2n) is 5.44. The van der Waals surface area contributed by atoms with E-state index in [1.54, 1.807) is 13.3 Å². The van der Waals surface area contributed by atoms with Gasteiger partial charge in [0.2, 0.25) is 5.88 Å². The summed E-state index contributed by atoms with van der Waals surface area (Å²) in [6.45, 7) is 5.86. The first kappa shape index (κ1) is 14.8. The van der Waals surface area contributed by atoms with Crippen LogP contribution >= 0.6 is 0 Å². The number of ether oxygens (including phenoxy) is 2. The number of methoxy groups -OCH3 is 1. The molecule has 3 heterocycles. The van der Waals surface area contributed by atoms with Gasteiger partial charge < -0.3 is 14.4 Å². The Labute approximate surface area is 129 Å².